The highest BCUT2D eigenvalue weighted by atomic mass is 16.5. The minimum absolute atomic E-state index is 0.128. The van der Waals surface area contributed by atoms with Crippen LogP contribution >= 0.6 is 0 Å². The van der Waals surface area contributed by atoms with Gasteiger partial charge in [-0.15, -0.1) is 0 Å². The van der Waals surface area contributed by atoms with Crippen molar-refractivity contribution in [2.45, 2.75) is 32.5 Å². The Morgan fingerprint density at radius 1 is 1.25 bits per heavy atom. The molecule has 1 fully saturated rings. The van der Waals surface area contributed by atoms with Crippen LogP contribution in [0, 0.1) is 13.8 Å². The molecule has 2 atom stereocenters. The number of aliphatic hydroxyl groups excluding tert-OH is 1. The first-order chi connectivity index (χ1) is 13.3. The van der Waals surface area contributed by atoms with E-state index in [0.29, 0.717) is 30.2 Å². The van der Waals surface area contributed by atoms with Crippen LogP contribution in [0.2, 0.25) is 0 Å². The number of likely N-dealkylation sites (tertiary alicyclic amines) is 1. The summed E-state index contributed by atoms with van der Waals surface area (Å²) in [6.07, 6.45) is -0.602. The topological polar surface area (TPSA) is 105 Å². The molecule has 0 spiro atoms. The largest absolute Gasteiger partial charge is 0.453 e. The standard InChI is InChI=1S/C20H27N5O3/c1-13-19(21)14(2)23-20(22-13)28-12-18(27)24(3)16-10-25(11-17(16)26)9-15-7-5-4-6-8-15/h4-8,16-17,26H,9-12,21H2,1-3H3/t16-,17-/m0/s1. The second-order valence-electron chi connectivity index (χ2n) is 7.20. The maximum atomic E-state index is 12.5. The van der Waals surface area contributed by atoms with E-state index in [1.54, 1.807) is 25.8 Å². The van der Waals surface area contributed by atoms with Gasteiger partial charge in [-0.3, -0.25) is 9.69 Å². The van der Waals surface area contributed by atoms with E-state index in [2.05, 4.69) is 27.0 Å². The van der Waals surface area contributed by atoms with Crippen LogP contribution in [-0.4, -0.2) is 69.7 Å². The Hall–Kier alpha value is -2.71. The number of nitrogens with zero attached hydrogens (tertiary/aromatic N) is 4. The van der Waals surface area contributed by atoms with Crippen LogP contribution < -0.4 is 10.5 Å². The van der Waals surface area contributed by atoms with Gasteiger partial charge in [-0.05, 0) is 19.4 Å². The molecule has 1 amide bonds. The van der Waals surface area contributed by atoms with Gasteiger partial charge < -0.3 is 20.5 Å². The zero-order valence-electron chi connectivity index (χ0n) is 16.5. The Labute approximate surface area is 165 Å². The van der Waals surface area contributed by atoms with Crippen molar-refractivity contribution in [2.75, 3.05) is 32.5 Å². The van der Waals surface area contributed by atoms with Gasteiger partial charge in [0.15, 0.2) is 6.61 Å². The molecule has 0 saturated carbocycles. The van der Waals surface area contributed by atoms with Crippen LogP contribution in [0.15, 0.2) is 30.3 Å². The first kappa shape index (κ1) is 20.0. The molecule has 0 unspecified atom stereocenters. The van der Waals surface area contributed by atoms with Crippen molar-refractivity contribution in [2.24, 2.45) is 0 Å². The monoisotopic (exact) mass is 385 g/mol. The molecule has 0 bridgehead atoms. The molecule has 2 heterocycles. The fraction of sp³-hybridized carbons (Fsp3) is 0.450. The summed E-state index contributed by atoms with van der Waals surface area (Å²) in [6, 6.07) is 9.92. The zero-order chi connectivity index (χ0) is 20.3. The van der Waals surface area contributed by atoms with Crippen molar-refractivity contribution < 1.29 is 14.6 Å². The van der Waals surface area contributed by atoms with Gasteiger partial charge in [0.1, 0.15) is 0 Å². The average molecular weight is 385 g/mol. The Bertz CT molecular complexity index is 807. The van der Waals surface area contributed by atoms with E-state index < -0.39 is 6.10 Å². The van der Waals surface area contributed by atoms with E-state index in [1.807, 2.05) is 18.2 Å². The summed E-state index contributed by atoms with van der Waals surface area (Å²) in [7, 11) is 1.69. The number of rotatable bonds is 6. The number of anilines is 1. The molecule has 8 nitrogen and oxygen atoms in total. The fourth-order valence-electron chi connectivity index (χ4n) is 3.37. The highest BCUT2D eigenvalue weighted by molar-refractivity contribution is 5.77. The number of hydrogen-bond donors (Lipinski definition) is 2. The first-order valence-corrected chi connectivity index (χ1v) is 9.28. The fourth-order valence-corrected chi connectivity index (χ4v) is 3.37. The number of nitrogen functional groups attached to an aromatic ring is 1. The molecule has 1 saturated heterocycles. The number of β-amino-alcohol motifs (C(OH)–C–C–N with tert-alkyl or cyclic N) is 1. The number of carbonyl (C=O) groups excluding carboxylic acids is 1. The van der Waals surface area contributed by atoms with Crippen molar-refractivity contribution >= 4 is 11.6 Å². The number of benzene rings is 1. The lowest BCUT2D eigenvalue weighted by atomic mass is 10.2. The summed E-state index contributed by atoms with van der Waals surface area (Å²) >= 11 is 0. The number of ether oxygens (including phenoxy) is 1. The Morgan fingerprint density at radius 3 is 2.54 bits per heavy atom. The highest BCUT2D eigenvalue weighted by Crippen LogP contribution is 2.19. The van der Waals surface area contributed by atoms with Crippen LogP contribution in [0.4, 0.5) is 5.69 Å². The van der Waals surface area contributed by atoms with Crippen LogP contribution in [0.5, 0.6) is 6.01 Å². The van der Waals surface area contributed by atoms with Gasteiger partial charge in [-0.1, -0.05) is 30.3 Å². The van der Waals surface area contributed by atoms with Crippen LogP contribution in [0.3, 0.4) is 0 Å². The molecule has 150 valence electrons. The molecule has 0 radical (unpaired) electrons. The summed E-state index contributed by atoms with van der Waals surface area (Å²) in [5, 5.41) is 10.4. The molecule has 3 rings (SSSR count). The predicted molar refractivity (Wildman–Crippen MR) is 106 cm³/mol. The summed E-state index contributed by atoms with van der Waals surface area (Å²) in [5.41, 5.74) is 8.76. The molecule has 3 N–H and O–H groups in total. The lowest BCUT2D eigenvalue weighted by Crippen LogP contribution is -2.46. The van der Waals surface area contributed by atoms with E-state index in [1.165, 1.54) is 5.56 Å². The zero-order valence-corrected chi connectivity index (χ0v) is 16.5. The minimum atomic E-state index is -0.602. The van der Waals surface area contributed by atoms with Gasteiger partial charge in [0, 0.05) is 26.7 Å². The quantitative estimate of drug-likeness (QED) is 0.756. The van der Waals surface area contributed by atoms with Crippen LogP contribution in [0.25, 0.3) is 0 Å². The number of aliphatic hydroxyl groups is 1. The van der Waals surface area contributed by atoms with Crippen molar-refractivity contribution in [3.63, 3.8) is 0 Å². The molecular formula is C20H27N5O3. The third-order valence-corrected chi connectivity index (χ3v) is 5.11. The van der Waals surface area contributed by atoms with Gasteiger partial charge in [0.2, 0.25) is 0 Å². The molecule has 1 aromatic carbocycles. The molecule has 1 aliphatic rings. The number of hydrogen-bond acceptors (Lipinski definition) is 7. The number of aryl methyl sites for hydroxylation is 2. The number of carbonyl (C=O) groups is 1. The van der Waals surface area contributed by atoms with Crippen molar-refractivity contribution in [1.82, 2.24) is 19.8 Å². The maximum absolute atomic E-state index is 12.5. The first-order valence-electron chi connectivity index (χ1n) is 9.28. The van der Waals surface area contributed by atoms with E-state index in [0.717, 1.165) is 6.54 Å². The molecule has 1 aliphatic heterocycles. The van der Waals surface area contributed by atoms with Gasteiger partial charge >= 0.3 is 6.01 Å². The van der Waals surface area contributed by atoms with Gasteiger partial charge in [-0.25, -0.2) is 0 Å². The molecule has 1 aromatic heterocycles. The third-order valence-electron chi connectivity index (χ3n) is 5.11. The molecule has 0 aliphatic carbocycles. The van der Waals surface area contributed by atoms with Gasteiger partial charge in [-0.2, -0.15) is 9.97 Å². The lowest BCUT2D eigenvalue weighted by molar-refractivity contribution is -0.135. The predicted octanol–water partition coefficient (Wildman–Crippen LogP) is 0.758. The van der Waals surface area contributed by atoms with Crippen molar-refractivity contribution in [3.05, 3.63) is 47.3 Å². The van der Waals surface area contributed by atoms with E-state index in [-0.39, 0.29) is 24.6 Å². The van der Waals surface area contributed by atoms with Gasteiger partial charge in [0.05, 0.1) is 29.2 Å². The maximum Gasteiger partial charge on any atom is 0.317 e. The second kappa shape index (κ2) is 8.53. The average Bonchev–Trinajstić information content (AvgIpc) is 3.04. The van der Waals surface area contributed by atoms with Crippen molar-refractivity contribution in [3.8, 4) is 6.01 Å². The van der Waals surface area contributed by atoms with Crippen LogP contribution in [-0.2, 0) is 11.3 Å². The van der Waals surface area contributed by atoms with E-state index in [9.17, 15) is 9.90 Å². The summed E-state index contributed by atoms with van der Waals surface area (Å²) in [4.78, 5) is 24.5. The third kappa shape index (κ3) is 4.58. The minimum Gasteiger partial charge on any atom is -0.453 e. The summed E-state index contributed by atoms with van der Waals surface area (Å²) in [5.74, 6) is -0.235. The van der Waals surface area contributed by atoms with Crippen molar-refractivity contribution in [1.29, 1.82) is 0 Å². The number of aromatic nitrogens is 2. The highest BCUT2D eigenvalue weighted by Gasteiger charge is 2.36. The smallest absolute Gasteiger partial charge is 0.317 e. The lowest BCUT2D eigenvalue weighted by Gasteiger charge is -2.26. The Balaban J connectivity index is 1.55. The van der Waals surface area contributed by atoms with E-state index >= 15 is 0 Å². The SMILES string of the molecule is Cc1nc(OCC(=O)N(C)[C@H]2CN(Cc3ccccc3)C[C@@H]2O)nc(C)c1N. The number of nitrogens with two attached hydrogens (primary N) is 1. The molecule has 2 aromatic rings. The molecular weight excluding hydrogens is 358 g/mol. The van der Waals surface area contributed by atoms with E-state index in [4.69, 9.17) is 10.5 Å². The number of amides is 1. The molecule has 8 heteroatoms. The summed E-state index contributed by atoms with van der Waals surface area (Å²) < 4.78 is 5.46. The molecule has 28 heavy (non-hydrogen) atoms. The van der Waals surface area contributed by atoms with Crippen LogP contribution in [0.1, 0.15) is 17.0 Å². The Morgan fingerprint density at radius 2 is 1.89 bits per heavy atom. The summed E-state index contributed by atoms with van der Waals surface area (Å²) in [6.45, 7) is 5.21. The second-order valence-corrected chi connectivity index (χ2v) is 7.20. The van der Waals surface area contributed by atoms with Gasteiger partial charge in [0.25, 0.3) is 5.91 Å². The number of likely N-dealkylation sites (N-methyl/N-ethyl adjacent to an activating group) is 1. The Kier molecular flexibility index (Phi) is 6.11. The normalized spacial score (nSPS) is 19.6.